The van der Waals surface area contributed by atoms with E-state index in [4.69, 9.17) is 0 Å². The number of hydrogen-bond acceptors (Lipinski definition) is 10. The van der Waals surface area contributed by atoms with Crippen LogP contribution in [0.2, 0.25) is 0 Å². The minimum atomic E-state index is -5.13. The van der Waals surface area contributed by atoms with Crippen LogP contribution in [-0.2, 0) is 0 Å². The predicted molar refractivity (Wildman–Crippen MR) is 68.2 cm³/mol. The molecular formula is H10O10Si8. The van der Waals surface area contributed by atoms with E-state index < -0.39 is 56.4 Å². The van der Waals surface area contributed by atoms with Gasteiger partial charge in [-0.2, -0.15) is 0 Å². The van der Waals surface area contributed by atoms with Gasteiger partial charge in [-0.25, -0.2) is 0 Å². The molecule has 4 unspecified atom stereocenters. The van der Waals surface area contributed by atoms with E-state index >= 15 is 0 Å². The summed E-state index contributed by atoms with van der Waals surface area (Å²) in [5, 5.41) is 0. The molecule has 4 aliphatic heterocycles. The lowest BCUT2D eigenvalue weighted by Crippen LogP contribution is -3.30. The van der Waals surface area contributed by atoms with Gasteiger partial charge in [-0.05, 0) is 0 Å². The Hall–Kier alpha value is 1.34. The van der Waals surface area contributed by atoms with Crippen molar-refractivity contribution in [1.29, 1.82) is 0 Å². The predicted octanol–water partition coefficient (Wildman–Crippen LogP) is -8.62. The fraction of sp³-hybridized carbons (Fsp3) is 0. The molecule has 0 amide bonds. The van der Waals surface area contributed by atoms with Crippen LogP contribution in [0.1, 0.15) is 0 Å². The molecule has 18 heteroatoms. The molecule has 0 bridgehead atoms. The van der Waals surface area contributed by atoms with Crippen molar-refractivity contribution in [1.82, 2.24) is 0 Å². The topological polar surface area (TPSA) is 202 Å². The van der Waals surface area contributed by atoms with Gasteiger partial charge in [0.1, 0.15) is 0 Å². The molecule has 0 aliphatic carbocycles. The van der Waals surface area contributed by atoms with E-state index in [0.717, 1.165) is 0 Å². The van der Waals surface area contributed by atoms with Crippen molar-refractivity contribution in [2.45, 2.75) is 0 Å². The van der Waals surface area contributed by atoms with E-state index in [1.807, 2.05) is 0 Å². The molecule has 0 saturated carbocycles. The summed E-state index contributed by atoms with van der Waals surface area (Å²) in [5.41, 5.74) is 0. The summed E-state index contributed by atoms with van der Waals surface area (Å²) in [5.74, 6) is 0. The third-order valence-electron chi connectivity index (χ3n) is 5.70. The van der Waals surface area contributed by atoms with E-state index in [0.29, 0.717) is 0 Å². The first-order valence-corrected chi connectivity index (χ1v) is 31.5. The highest BCUT2D eigenvalue weighted by Crippen LogP contribution is 2.89. The first-order valence-electron chi connectivity index (χ1n) is 4.99. The number of rotatable bonds is 1. The van der Waals surface area contributed by atoms with Crippen LogP contribution in [0.5, 0.6) is 0 Å². The first kappa shape index (κ1) is 13.0. The van der Waals surface area contributed by atoms with Gasteiger partial charge >= 0.3 is 15.9 Å². The van der Waals surface area contributed by atoms with Crippen LogP contribution in [0, 0.1) is 0 Å². The van der Waals surface area contributed by atoms with Crippen molar-refractivity contribution in [3.8, 4) is 0 Å². The van der Waals surface area contributed by atoms with Crippen LogP contribution in [0.4, 0.5) is 0 Å². The molecular weight excluding hydrogens is 385 g/mol. The Kier molecular flexibility index (Phi) is 1.64. The Morgan fingerprint density at radius 1 is 0.500 bits per heavy atom. The molecule has 0 aromatic rings. The molecule has 0 radical (unpaired) electrons. The molecule has 10 N–H and O–H groups in total. The standard InChI is InChI=1S/H10O10Si8/c1-11(2,3)18-13(6)12(4,5)14(18,7)16(9)15(13,8)17(16,18)10/h1-10H. The fourth-order valence-corrected chi connectivity index (χ4v) is 698. The zero-order chi connectivity index (χ0) is 14.0. The summed E-state index contributed by atoms with van der Waals surface area (Å²) < 4.78 is 0. The van der Waals surface area contributed by atoms with Crippen molar-refractivity contribution < 1.29 is 48.0 Å². The molecule has 4 heterocycles. The van der Waals surface area contributed by atoms with Crippen molar-refractivity contribution in [3.05, 3.63) is 0 Å². The lowest BCUT2D eigenvalue weighted by atomic mass is 15.8. The molecule has 4 atom stereocenters. The average molecular weight is 395 g/mol. The van der Waals surface area contributed by atoms with E-state index in [1.165, 1.54) is 0 Å². The van der Waals surface area contributed by atoms with Gasteiger partial charge in [0, 0.05) is 0 Å². The minimum absolute atomic E-state index is 3.89. The highest BCUT2D eigenvalue weighted by atomic mass is 31.1. The molecule has 0 aromatic carbocycles. The summed E-state index contributed by atoms with van der Waals surface area (Å²) in [6.45, 7) is -20.7. The molecule has 4 aliphatic rings. The molecule has 18 heavy (non-hydrogen) atoms. The van der Waals surface area contributed by atoms with Crippen molar-refractivity contribution in [3.63, 3.8) is 0 Å². The average Bonchev–Trinajstić information content (AvgIpc) is 2.40. The Morgan fingerprint density at radius 3 is 1.06 bits per heavy atom. The van der Waals surface area contributed by atoms with Crippen LogP contribution in [0.3, 0.4) is 0 Å². The third-order valence-corrected chi connectivity index (χ3v) is 277. The largest absolute Gasteiger partial charge is 0.461 e. The second-order valence-electron chi connectivity index (χ2n) is 5.61. The zero-order valence-electron chi connectivity index (χ0n) is 8.47. The maximum absolute atomic E-state index is 10.4. The van der Waals surface area contributed by atoms with Gasteiger partial charge in [0.2, 0.25) is 40.5 Å². The smallest absolute Gasteiger partial charge is 0.436 e. The summed E-state index contributed by atoms with van der Waals surface area (Å²) in [7, 11) is -9.78. The van der Waals surface area contributed by atoms with Gasteiger partial charge < -0.3 is 48.0 Å². The van der Waals surface area contributed by atoms with Crippen molar-refractivity contribution in [2.24, 2.45) is 0 Å². The maximum Gasteiger partial charge on any atom is 0.461 e. The van der Waals surface area contributed by atoms with Crippen LogP contribution < -0.4 is 0 Å². The quantitative estimate of drug-likeness (QED) is 0.190. The highest BCUT2D eigenvalue weighted by molar-refractivity contribution is 8.84. The van der Waals surface area contributed by atoms with Gasteiger partial charge in [-0.15, -0.1) is 0 Å². The SMILES string of the molecule is O[Si](O)(O)[Si]12[Si]3(O)[Si](O)(O)[Si]1(O)[Si]1(O)[Si]3(O)[Si]12O. The molecule has 0 aromatic heterocycles. The van der Waals surface area contributed by atoms with E-state index in [9.17, 15) is 48.0 Å². The Labute approximate surface area is 104 Å². The van der Waals surface area contributed by atoms with E-state index in [1.54, 1.807) is 0 Å². The Morgan fingerprint density at radius 2 is 0.833 bits per heavy atom. The molecule has 10 nitrogen and oxygen atoms in total. The van der Waals surface area contributed by atoms with Crippen molar-refractivity contribution >= 4 is 56.4 Å². The van der Waals surface area contributed by atoms with E-state index in [2.05, 4.69) is 0 Å². The van der Waals surface area contributed by atoms with Gasteiger partial charge in [0.25, 0.3) is 0 Å². The molecule has 102 valence electrons. The number of hydrogen-bond donors (Lipinski definition) is 10. The van der Waals surface area contributed by atoms with E-state index in [-0.39, 0.29) is 0 Å². The van der Waals surface area contributed by atoms with Crippen molar-refractivity contribution in [2.75, 3.05) is 0 Å². The summed E-state index contributed by atoms with van der Waals surface area (Å²) in [4.78, 5) is 100. The monoisotopic (exact) mass is 394 g/mol. The minimum Gasteiger partial charge on any atom is -0.436 e. The third kappa shape index (κ3) is 0.478. The van der Waals surface area contributed by atoms with Gasteiger partial charge in [-0.3, -0.25) is 0 Å². The molecule has 4 saturated heterocycles. The van der Waals surface area contributed by atoms with Crippen LogP contribution in [0.15, 0.2) is 0 Å². The zero-order valence-corrected chi connectivity index (χ0v) is 16.5. The normalized spacial score (nSPS) is 73.7. The first-order chi connectivity index (χ1) is 7.75. The Balaban J connectivity index is 2.09. The second kappa shape index (κ2) is 2.26. The lowest BCUT2D eigenvalue weighted by molar-refractivity contribution is 0.256. The molecule has 4 rings (SSSR count). The number of fused-ring (bicyclic) bond motifs is 3. The van der Waals surface area contributed by atoms with Crippen LogP contribution in [-0.4, -0.2) is 104 Å². The lowest BCUT2D eigenvalue weighted by Gasteiger charge is -2.75. The van der Waals surface area contributed by atoms with Gasteiger partial charge in [0.05, 0.1) is 0 Å². The van der Waals surface area contributed by atoms with Gasteiger partial charge in [0.15, 0.2) is 0 Å². The van der Waals surface area contributed by atoms with Crippen LogP contribution >= 0.6 is 0 Å². The maximum atomic E-state index is 10.4. The molecule has 4 fully saturated rings. The fourth-order valence-electron chi connectivity index (χ4n) is 5.26. The summed E-state index contributed by atoms with van der Waals surface area (Å²) in [6.07, 6.45) is -4.17. The van der Waals surface area contributed by atoms with Gasteiger partial charge in [-0.1, -0.05) is 0 Å². The van der Waals surface area contributed by atoms with Crippen LogP contribution in [0.25, 0.3) is 0 Å². The summed E-state index contributed by atoms with van der Waals surface area (Å²) >= 11 is 0. The molecule has 0 spiro atoms. The summed E-state index contributed by atoms with van der Waals surface area (Å²) in [6, 6.07) is 0. The Bertz CT molecular complexity index is 504. The second-order valence-corrected chi connectivity index (χ2v) is 97.6. The highest BCUT2D eigenvalue weighted by Gasteiger charge is 3.46.